The minimum atomic E-state index is 0.0713. The lowest BCUT2D eigenvalue weighted by Crippen LogP contribution is -2.59. The molecule has 0 saturated carbocycles. The van der Waals surface area contributed by atoms with Crippen LogP contribution in [-0.2, 0) is 9.53 Å². The number of hydrogen-bond donors (Lipinski definition) is 2. The third-order valence-corrected chi connectivity index (χ3v) is 4.98. The second kappa shape index (κ2) is 6.75. The van der Waals surface area contributed by atoms with Gasteiger partial charge in [0.2, 0.25) is 5.91 Å². The molecule has 2 fully saturated rings. The number of rotatable bonds is 5. The Kier molecular flexibility index (Phi) is 5.29. The highest BCUT2D eigenvalue weighted by Crippen LogP contribution is 2.33. The van der Waals surface area contributed by atoms with Gasteiger partial charge in [-0.2, -0.15) is 11.8 Å². The maximum absolute atomic E-state index is 11.6. The second-order valence-electron chi connectivity index (χ2n) is 4.94. The van der Waals surface area contributed by atoms with E-state index in [9.17, 15) is 4.79 Å². The molecule has 0 bridgehead atoms. The Morgan fingerprint density at radius 3 is 2.83 bits per heavy atom. The largest absolute Gasteiger partial charge is 0.379 e. The molecule has 0 aromatic rings. The third-order valence-electron chi connectivity index (χ3n) is 3.75. The number of ether oxygens (including phenoxy) is 1. The van der Waals surface area contributed by atoms with Crippen molar-refractivity contribution in [2.75, 3.05) is 50.9 Å². The van der Waals surface area contributed by atoms with Crippen molar-refractivity contribution >= 4 is 17.7 Å². The fourth-order valence-electron chi connectivity index (χ4n) is 2.62. The number of carbonyl (C=O) groups is 1. The number of amides is 1. The summed E-state index contributed by atoms with van der Waals surface area (Å²) in [5, 5.41) is 3.05. The van der Waals surface area contributed by atoms with E-state index in [1.165, 1.54) is 5.75 Å². The van der Waals surface area contributed by atoms with Crippen LogP contribution >= 0.6 is 11.8 Å². The van der Waals surface area contributed by atoms with Crippen molar-refractivity contribution in [3.8, 4) is 0 Å². The van der Waals surface area contributed by atoms with Crippen LogP contribution in [0.15, 0.2) is 0 Å². The van der Waals surface area contributed by atoms with Crippen molar-refractivity contribution in [3.63, 3.8) is 0 Å². The summed E-state index contributed by atoms with van der Waals surface area (Å²) < 4.78 is 5.42. The van der Waals surface area contributed by atoms with Crippen molar-refractivity contribution in [2.45, 2.75) is 18.4 Å². The zero-order valence-electron chi connectivity index (χ0n) is 10.8. The standard InChI is InChI=1S/C12H23N3O2S/c13-3-1-11(16)14-9-12(2-8-18-10-12)15-4-6-17-7-5-15/h1-10,13H2,(H,14,16). The van der Waals surface area contributed by atoms with Gasteiger partial charge in [0.05, 0.1) is 13.2 Å². The lowest BCUT2D eigenvalue weighted by molar-refractivity contribution is -0.121. The van der Waals surface area contributed by atoms with Gasteiger partial charge >= 0.3 is 0 Å². The van der Waals surface area contributed by atoms with Crippen LogP contribution in [-0.4, -0.2) is 67.2 Å². The first kappa shape index (κ1) is 14.1. The van der Waals surface area contributed by atoms with Gasteiger partial charge in [0.15, 0.2) is 0 Å². The summed E-state index contributed by atoms with van der Waals surface area (Å²) in [7, 11) is 0. The monoisotopic (exact) mass is 273 g/mol. The van der Waals surface area contributed by atoms with Crippen molar-refractivity contribution in [1.82, 2.24) is 10.2 Å². The fourth-order valence-corrected chi connectivity index (χ4v) is 4.09. The maximum Gasteiger partial charge on any atom is 0.221 e. The van der Waals surface area contributed by atoms with E-state index < -0.39 is 0 Å². The predicted molar refractivity (Wildman–Crippen MR) is 73.7 cm³/mol. The topological polar surface area (TPSA) is 67.6 Å². The quantitative estimate of drug-likeness (QED) is 0.717. The molecule has 6 heteroatoms. The van der Waals surface area contributed by atoms with E-state index >= 15 is 0 Å². The molecular formula is C12H23N3O2S. The van der Waals surface area contributed by atoms with Gasteiger partial charge in [-0.1, -0.05) is 0 Å². The van der Waals surface area contributed by atoms with Gasteiger partial charge in [-0.3, -0.25) is 9.69 Å². The summed E-state index contributed by atoms with van der Waals surface area (Å²) in [6, 6.07) is 0. The Labute approximate surface area is 113 Å². The molecule has 2 aliphatic heterocycles. The lowest BCUT2D eigenvalue weighted by Gasteiger charge is -2.43. The first-order valence-electron chi connectivity index (χ1n) is 6.64. The van der Waals surface area contributed by atoms with E-state index in [1.807, 2.05) is 11.8 Å². The number of nitrogens with two attached hydrogens (primary N) is 1. The van der Waals surface area contributed by atoms with Crippen molar-refractivity contribution in [2.24, 2.45) is 5.73 Å². The molecule has 0 aliphatic carbocycles. The number of nitrogens with zero attached hydrogens (tertiary/aromatic N) is 1. The number of thioether (sulfide) groups is 1. The summed E-state index contributed by atoms with van der Waals surface area (Å²) in [6.07, 6.45) is 1.58. The van der Waals surface area contributed by atoms with Gasteiger partial charge < -0.3 is 15.8 Å². The third kappa shape index (κ3) is 3.38. The number of hydrogen-bond acceptors (Lipinski definition) is 5. The number of nitrogens with one attached hydrogen (secondary N) is 1. The summed E-state index contributed by atoms with van der Waals surface area (Å²) in [5.41, 5.74) is 5.53. The van der Waals surface area contributed by atoms with Crippen LogP contribution in [0.5, 0.6) is 0 Å². The van der Waals surface area contributed by atoms with Gasteiger partial charge in [0.1, 0.15) is 0 Å². The molecule has 0 aromatic carbocycles. The summed E-state index contributed by atoms with van der Waals surface area (Å²) in [4.78, 5) is 14.1. The first-order valence-corrected chi connectivity index (χ1v) is 7.80. The molecule has 2 heterocycles. The zero-order chi connectivity index (χ0) is 12.8. The van der Waals surface area contributed by atoms with Gasteiger partial charge in [0, 0.05) is 43.9 Å². The van der Waals surface area contributed by atoms with Crippen molar-refractivity contribution in [1.29, 1.82) is 0 Å². The van der Waals surface area contributed by atoms with E-state index in [0.29, 0.717) is 13.0 Å². The molecule has 0 radical (unpaired) electrons. The number of morpholine rings is 1. The van der Waals surface area contributed by atoms with Crippen LogP contribution in [0.4, 0.5) is 0 Å². The molecular weight excluding hydrogens is 250 g/mol. The SMILES string of the molecule is NCCC(=O)NCC1(N2CCOCC2)CCSC1. The number of carbonyl (C=O) groups excluding carboxylic acids is 1. The highest BCUT2D eigenvalue weighted by molar-refractivity contribution is 7.99. The van der Waals surface area contributed by atoms with Crippen LogP contribution in [0.2, 0.25) is 0 Å². The highest BCUT2D eigenvalue weighted by atomic mass is 32.2. The molecule has 104 valence electrons. The first-order chi connectivity index (χ1) is 8.77. The maximum atomic E-state index is 11.6. The summed E-state index contributed by atoms with van der Waals surface area (Å²) in [5.74, 6) is 2.36. The molecule has 0 aromatic heterocycles. The molecule has 5 nitrogen and oxygen atoms in total. The molecule has 2 rings (SSSR count). The Hall–Kier alpha value is -0.300. The van der Waals surface area contributed by atoms with Gasteiger partial charge in [-0.05, 0) is 12.2 Å². The van der Waals surface area contributed by atoms with E-state index in [-0.39, 0.29) is 11.4 Å². The lowest BCUT2D eigenvalue weighted by atomic mass is 9.95. The molecule has 1 atom stereocenters. The minimum Gasteiger partial charge on any atom is -0.379 e. The Morgan fingerprint density at radius 1 is 1.44 bits per heavy atom. The van der Waals surface area contributed by atoms with Crippen molar-refractivity contribution < 1.29 is 9.53 Å². The Bertz CT molecular complexity index is 276. The summed E-state index contributed by atoms with van der Waals surface area (Å²) in [6.45, 7) is 4.75. The average molecular weight is 273 g/mol. The molecule has 1 amide bonds. The van der Waals surface area contributed by atoms with E-state index in [1.54, 1.807) is 0 Å². The molecule has 18 heavy (non-hydrogen) atoms. The predicted octanol–water partition coefficient (Wildman–Crippen LogP) is -0.341. The van der Waals surface area contributed by atoms with Crippen molar-refractivity contribution in [3.05, 3.63) is 0 Å². The summed E-state index contributed by atoms with van der Waals surface area (Å²) >= 11 is 1.98. The van der Waals surface area contributed by atoms with Crippen LogP contribution in [0.25, 0.3) is 0 Å². The minimum absolute atomic E-state index is 0.0713. The Balaban J connectivity index is 1.91. The van der Waals surface area contributed by atoms with Gasteiger partial charge in [-0.25, -0.2) is 0 Å². The normalized spacial score (nSPS) is 29.4. The fraction of sp³-hybridized carbons (Fsp3) is 0.917. The average Bonchev–Trinajstić information content (AvgIpc) is 2.88. The molecule has 2 aliphatic rings. The molecule has 2 saturated heterocycles. The van der Waals surface area contributed by atoms with E-state index in [4.69, 9.17) is 10.5 Å². The molecule has 3 N–H and O–H groups in total. The Morgan fingerprint density at radius 2 is 2.22 bits per heavy atom. The van der Waals surface area contributed by atoms with Crippen LogP contribution in [0, 0.1) is 0 Å². The molecule has 0 spiro atoms. The van der Waals surface area contributed by atoms with E-state index in [2.05, 4.69) is 10.2 Å². The van der Waals surface area contributed by atoms with E-state index in [0.717, 1.165) is 45.0 Å². The van der Waals surface area contributed by atoms with Gasteiger partial charge in [-0.15, -0.1) is 0 Å². The van der Waals surface area contributed by atoms with Gasteiger partial charge in [0.25, 0.3) is 0 Å². The second-order valence-corrected chi connectivity index (χ2v) is 6.05. The molecule has 1 unspecified atom stereocenters. The highest BCUT2D eigenvalue weighted by Gasteiger charge is 2.40. The zero-order valence-corrected chi connectivity index (χ0v) is 11.6. The van der Waals surface area contributed by atoms with Crippen LogP contribution in [0.3, 0.4) is 0 Å². The van der Waals surface area contributed by atoms with Crippen LogP contribution < -0.4 is 11.1 Å². The van der Waals surface area contributed by atoms with Crippen LogP contribution in [0.1, 0.15) is 12.8 Å². The smallest absolute Gasteiger partial charge is 0.221 e.